The van der Waals surface area contributed by atoms with Gasteiger partial charge in [-0.15, -0.1) is 24.0 Å². The van der Waals surface area contributed by atoms with Crippen LogP contribution in [0.15, 0.2) is 46.0 Å². The molecule has 2 atom stereocenters. The van der Waals surface area contributed by atoms with Crippen LogP contribution in [0.3, 0.4) is 0 Å². The smallest absolute Gasteiger partial charge is 0.385 e. The fourth-order valence-electron chi connectivity index (χ4n) is 2.94. The zero-order valence-corrected chi connectivity index (χ0v) is 17.2. The molecule has 0 radical (unpaired) electrons. The van der Waals surface area contributed by atoms with Gasteiger partial charge in [-0.2, -0.15) is 13.2 Å². The first-order valence-corrected chi connectivity index (χ1v) is 8.98. The zero-order valence-electron chi connectivity index (χ0n) is 15.6. The second-order valence-corrected chi connectivity index (χ2v) is 7.44. The van der Waals surface area contributed by atoms with Gasteiger partial charge in [0, 0.05) is 18.3 Å². The maximum atomic E-state index is 13.8. The second-order valence-electron chi connectivity index (χ2n) is 6.77. The van der Waals surface area contributed by atoms with Gasteiger partial charge < -0.3 is 15.8 Å². The largest absolute Gasteiger partial charge is 0.412 e. The van der Waals surface area contributed by atoms with Crippen LogP contribution in [0.5, 0.6) is 0 Å². The molecule has 0 aliphatic carbocycles. The third kappa shape index (κ3) is 4.99. The highest BCUT2D eigenvalue weighted by molar-refractivity contribution is 6.33. The van der Waals surface area contributed by atoms with Gasteiger partial charge in [0.15, 0.2) is 10.4 Å². The zero-order chi connectivity index (χ0) is 22.2. The molecule has 3 N–H and O–H groups in total. The number of nitrogens with one attached hydrogen (secondary N) is 1. The lowest BCUT2D eigenvalue weighted by molar-refractivity contribution is -0.143. The summed E-state index contributed by atoms with van der Waals surface area (Å²) in [6.45, 7) is -0.482. The van der Waals surface area contributed by atoms with E-state index in [2.05, 4.69) is 15.3 Å². The summed E-state index contributed by atoms with van der Waals surface area (Å²) < 4.78 is 71.5. The molecule has 13 heteroatoms. The Morgan fingerprint density at radius 3 is 2.58 bits per heavy atom. The summed E-state index contributed by atoms with van der Waals surface area (Å²) in [7, 11) is 0. The highest BCUT2D eigenvalue weighted by Crippen LogP contribution is 2.40. The second kappa shape index (κ2) is 9.09. The Labute approximate surface area is 184 Å². The standard InChI is InChI=1S/C18H16ClF5N4O2.ClH/c19-16(18(22,23)24)5-4-12(26-8-16)14(29)27-11-3-1-2-10(6-11)17(15(20)21)9-30-7-13(25)28-17;/h1-4,6,8,15H,5,7,9H2,(H2,25,28)(H,27,29);1H. The Morgan fingerprint density at radius 2 is 2.03 bits per heavy atom. The van der Waals surface area contributed by atoms with Crippen LogP contribution in [0.2, 0.25) is 0 Å². The van der Waals surface area contributed by atoms with Crippen LogP contribution in [0.4, 0.5) is 27.6 Å². The van der Waals surface area contributed by atoms with Crippen molar-refractivity contribution < 1.29 is 31.5 Å². The Morgan fingerprint density at radius 1 is 1.32 bits per heavy atom. The Bertz CT molecular complexity index is 938. The van der Waals surface area contributed by atoms with E-state index in [0.717, 1.165) is 6.08 Å². The van der Waals surface area contributed by atoms with Crippen molar-refractivity contribution in [3.05, 3.63) is 41.6 Å². The van der Waals surface area contributed by atoms with Crippen LogP contribution in [-0.4, -0.2) is 48.6 Å². The molecule has 2 aliphatic heterocycles. The van der Waals surface area contributed by atoms with Crippen LogP contribution in [-0.2, 0) is 15.1 Å². The average molecular weight is 487 g/mol. The van der Waals surface area contributed by atoms with Crippen molar-refractivity contribution in [2.45, 2.75) is 29.4 Å². The van der Waals surface area contributed by atoms with E-state index in [4.69, 9.17) is 22.1 Å². The number of hydrogen-bond acceptors (Lipinski definition) is 5. The molecule has 0 saturated heterocycles. The third-order valence-corrected chi connectivity index (χ3v) is 5.07. The van der Waals surface area contributed by atoms with Gasteiger partial charge in [-0.3, -0.25) is 14.8 Å². The number of anilines is 1. The SMILES string of the molecule is Cl.NC1=NC(c2cccc(NC(=O)C3=CCC(Cl)(C(F)(F)F)C=N3)c2)(C(F)F)COC1. The Hall–Kier alpha value is -2.24. The van der Waals surface area contributed by atoms with Crippen LogP contribution in [0.25, 0.3) is 0 Å². The topological polar surface area (TPSA) is 89.1 Å². The number of carbonyl (C=O) groups excluding carboxylic acids is 1. The molecule has 0 bridgehead atoms. The summed E-state index contributed by atoms with van der Waals surface area (Å²) in [6, 6.07) is 5.49. The summed E-state index contributed by atoms with van der Waals surface area (Å²) in [5.41, 5.74) is 3.41. The van der Waals surface area contributed by atoms with Crippen molar-refractivity contribution in [1.29, 1.82) is 0 Å². The van der Waals surface area contributed by atoms with Crippen LogP contribution in [0.1, 0.15) is 12.0 Å². The predicted molar refractivity (Wildman–Crippen MR) is 108 cm³/mol. The number of amides is 1. The van der Waals surface area contributed by atoms with Gasteiger partial charge >= 0.3 is 6.18 Å². The number of ether oxygens (including phenoxy) is 1. The minimum atomic E-state index is -4.74. The van der Waals surface area contributed by atoms with Gasteiger partial charge in [-0.1, -0.05) is 18.2 Å². The number of nitrogens with two attached hydrogens (primary N) is 1. The van der Waals surface area contributed by atoms with Gasteiger partial charge in [-0.05, 0) is 17.7 Å². The number of amidine groups is 1. The number of aliphatic imine (C=N–C) groups is 2. The third-order valence-electron chi connectivity index (χ3n) is 4.60. The molecule has 3 rings (SSSR count). The molecule has 0 spiro atoms. The lowest BCUT2D eigenvalue weighted by atomic mass is 9.90. The number of carbonyl (C=O) groups is 1. The summed E-state index contributed by atoms with van der Waals surface area (Å²) in [4.78, 5) is 17.0. The normalized spacial score (nSPS) is 26.0. The molecule has 0 saturated carbocycles. The average Bonchev–Trinajstić information content (AvgIpc) is 2.67. The van der Waals surface area contributed by atoms with Crippen molar-refractivity contribution in [2.24, 2.45) is 15.7 Å². The van der Waals surface area contributed by atoms with Crippen molar-refractivity contribution in [3.63, 3.8) is 0 Å². The molecule has 2 unspecified atom stereocenters. The maximum absolute atomic E-state index is 13.8. The molecule has 1 amide bonds. The van der Waals surface area contributed by atoms with Crippen molar-refractivity contribution in [3.8, 4) is 0 Å². The first-order chi connectivity index (χ1) is 14.0. The van der Waals surface area contributed by atoms with Crippen LogP contribution >= 0.6 is 24.0 Å². The van der Waals surface area contributed by atoms with Crippen molar-refractivity contribution in [2.75, 3.05) is 18.5 Å². The molecule has 1 aromatic rings. The van der Waals surface area contributed by atoms with E-state index in [1.165, 1.54) is 24.3 Å². The molecule has 2 aliphatic rings. The highest BCUT2D eigenvalue weighted by atomic mass is 35.5. The van der Waals surface area contributed by atoms with E-state index in [1.807, 2.05) is 0 Å². The molecular weight excluding hydrogens is 470 g/mol. The molecule has 1 aromatic carbocycles. The molecule has 2 heterocycles. The van der Waals surface area contributed by atoms with Gasteiger partial charge in [0.2, 0.25) is 0 Å². The number of halogens is 7. The minimum absolute atomic E-state index is 0. The fraction of sp³-hybridized carbons (Fsp3) is 0.389. The number of hydrogen-bond donors (Lipinski definition) is 2. The molecule has 6 nitrogen and oxygen atoms in total. The number of rotatable bonds is 4. The maximum Gasteiger partial charge on any atom is 0.412 e. The van der Waals surface area contributed by atoms with Gasteiger partial charge in [0.25, 0.3) is 12.3 Å². The van der Waals surface area contributed by atoms with E-state index in [9.17, 15) is 26.7 Å². The molecular formula is C18H17Cl2F5N4O2. The van der Waals surface area contributed by atoms with E-state index >= 15 is 0 Å². The van der Waals surface area contributed by atoms with Crippen molar-refractivity contribution >= 4 is 47.7 Å². The van der Waals surface area contributed by atoms with Gasteiger partial charge in [0.05, 0.1) is 6.61 Å². The monoisotopic (exact) mass is 486 g/mol. The summed E-state index contributed by atoms with van der Waals surface area (Å²) >= 11 is 5.49. The van der Waals surface area contributed by atoms with E-state index in [0.29, 0.717) is 6.21 Å². The Balaban J connectivity index is 0.00000341. The van der Waals surface area contributed by atoms with Gasteiger partial charge in [0.1, 0.15) is 18.1 Å². The van der Waals surface area contributed by atoms with E-state index in [-0.39, 0.29) is 41.8 Å². The molecule has 31 heavy (non-hydrogen) atoms. The quantitative estimate of drug-likeness (QED) is 0.501. The molecule has 0 fully saturated rings. The number of alkyl halides is 6. The number of nitrogens with zero attached hydrogens (tertiary/aromatic N) is 2. The lowest BCUT2D eigenvalue weighted by Gasteiger charge is -2.33. The first kappa shape index (κ1) is 25.0. The fourth-order valence-corrected chi connectivity index (χ4v) is 3.07. The van der Waals surface area contributed by atoms with Gasteiger partial charge in [-0.25, -0.2) is 8.78 Å². The summed E-state index contributed by atoms with van der Waals surface area (Å²) in [6.07, 6.45) is -6.93. The minimum Gasteiger partial charge on any atom is -0.385 e. The van der Waals surface area contributed by atoms with Crippen molar-refractivity contribution in [1.82, 2.24) is 0 Å². The number of benzene rings is 1. The summed E-state index contributed by atoms with van der Waals surface area (Å²) in [5.74, 6) is -0.912. The molecule has 170 valence electrons. The van der Waals surface area contributed by atoms with E-state index < -0.39 is 41.9 Å². The van der Waals surface area contributed by atoms with Crippen LogP contribution in [0, 0.1) is 0 Å². The molecule has 0 aromatic heterocycles. The number of allylic oxidation sites excluding steroid dienone is 1. The first-order valence-electron chi connectivity index (χ1n) is 8.60. The summed E-state index contributed by atoms with van der Waals surface area (Å²) in [5, 5.41) is 2.41. The predicted octanol–water partition coefficient (Wildman–Crippen LogP) is 3.79. The Kier molecular flexibility index (Phi) is 7.34. The highest BCUT2D eigenvalue weighted by Gasteiger charge is 2.53. The lowest BCUT2D eigenvalue weighted by Crippen LogP contribution is -2.44. The van der Waals surface area contributed by atoms with Crippen LogP contribution < -0.4 is 11.1 Å². The van der Waals surface area contributed by atoms with E-state index in [1.54, 1.807) is 0 Å².